The third kappa shape index (κ3) is 4.79. The van der Waals surface area contributed by atoms with Gasteiger partial charge in [0.2, 0.25) is 0 Å². The van der Waals surface area contributed by atoms with Gasteiger partial charge in [0.25, 0.3) is 0 Å². The van der Waals surface area contributed by atoms with Gasteiger partial charge in [-0.2, -0.15) is 5.26 Å². The summed E-state index contributed by atoms with van der Waals surface area (Å²) in [5.74, 6) is 0.575. The van der Waals surface area contributed by atoms with E-state index in [1.807, 2.05) is 12.1 Å². The Kier molecular flexibility index (Phi) is 6.11. The average Bonchev–Trinajstić information content (AvgIpc) is 2.72. The molecular formula is C23H16ClNO3. The number of rotatable bonds is 5. The van der Waals surface area contributed by atoms with Gasteiger partial charge in [0.1, 0.15) is 11.5 Å². The highest BCUT2D eigenvalue weighted by molar-refractivity contribution is 6.30. The van der Waals surface area contributed by atoms with E-state index in [2.05, 4.69) is 6.07 Å². The van der Waals surface area contributed by atoms with E-state index in [0.717, 1.165) is 11.1 Å². The first kappa shape index (κ1) is 19.2. The number of carbonyl (C=O) groups is 1. The number of halogens is 1. The van der Waals surface area contributed by atoms with E-state index < -0.39 is 5.97 Å². The second-order valence-corrected chi connectivity index (χ2v) is 6.31. The minimum absolute atomic E-state index is 0.387. The van der Waals surface area contributed by atoms with Gasteiger partial charge in [-0.1, -0.05) is 35.9 Å². The molecule has 138 valence electrons. The highest BCUT2D eigenvalue weighted by Crippen LogP contribution is 2.23. The molecule has 0 atom stereocenters. The van der Waals surface area contributed by atoms with Crippen molar-refractivity contribution in [3.63, 3.8) is 0 Å². The SMILES string of the molecule is COc1ccc(C(=O)Oc2cccc(/C=C(/C#N)c3cccc(Cl)c3)c2)cc1. The third-order valence-electron chi connectivity index (χ3n) is 3.96. The lowest BCUT2D eigenvalue weighted by Crippen LogP contribution is -2.08. The highest BCUT2D eigenvalue weighted by atomic mass is 35.5. The predicted octanol–water partition coefficient (Wildman–Crippen LogP) is 5.63. The van der Waals surface area contributed by atoms with Gasteiger partial charge in [-0.15, -0.1) is 0 Å². The first-order chi connectivity index (χ1) is 13.6. The molecule has 5 heteroatoms. The van der Waals surface area contributed by atoms with Gasteiger partial charge in [0, 0.05) is 5.02 Å². The van der Waals surface area contributed by atoms with E-state index in [0.29, 0.717) is 27.7 Å². The maximum absolute atomic E-state index is 12.3. The summed E-state index contributed by atoms with van der Waals surface area (Å²) in [5.41, 5.74) is 2.33. The lowest BCUT2D eigenvalue weighted by atomic mass is 10.0. The summed E-state index contributed by atoms with van der Waals surface area (Å²) in [7, 11) is 1.56. The monoisotopic (exact) mass is 389 g/mol. The summed E-state index contributed by atoms with van der Waals surface area (Å²) in [4.78, 5) is 12.3. The molecule has 0 bridgehead atoms. The Morgan fingerprint density at radius 3 is 2.39 bits per heavy atom. The summed E-state index contributed by atoms with van der Waals surface area (Å²) >= 11 is 6.01. The number of methoxy groups -OCH3 is 1. The van der Waals surface area contributed by atoms with Crippen LogP contribution in [0.4, 0.5) is 0 Å². The molecule has 0 aliphatic rings. The Hall–Kier alpha value is -3.55. The molecule has 0 aliphatic carbocycles. The molecule has 0 amide bonds. The van der Waals surface area contributed by atoms with Crippen LogP contribution in [0.25, 0.3) is 11.6 Å². The van der Waals surface area contributed by atoms with Crippen LogP contribution in [0.3, 0.4) is 0 Å². The van der Waals surface area contributed by atoms with Crippen molar-refractivity contribution in [2.45, 2.75) is 0 Å². The van der Waals surface area contributed by atoms with Gasteiger partial charge in [-0.3, -0.25) is 0 Å². The summed E-state index contributed by atoms with van der Waals surface area (Å²) in [6.45, 7) is 0. The zero-order valence-electron chi connectivity index (χ0n) is 15.1. The minimum Gasteiger partial charge on any atom is -0.497 e. The van der Waals surface area contributed by atoms with Crippen molar-refractivity contribution >= 4 is 29.2 Å². The van der Waals surface area contributed by atoms with Crippen molar-refractivity contribution in [2.24, 2.45) is 0 Å². The van der Waals surface area contributed by atoms with Crippen molar-refractivity contribution in [1.29, 1.82) is 5.26 Å². The van der Waals surface area contributed by atoms with E-state index in [-0.39, 0.29) is 0 Å². The van der Waals surface area contributed by atoms with E-state index in [9.17, 15) is 10.1 Å². The van der Waals surface area contributed by atoms with Crippen LogP contribution in [0.5, 0.6) is 11.5 Å². The summed E-state index contributed by atoms with van der Waals surface area (Å²) in [6, 6.07) is 22.9. The van der Waals surface area contributed by atoms with Crippen LogP contribution >= 0.6 is 11.6 Å². The Balaban J connectivity index is 1.81. The molecule has 0 heterocycles. The van der Waals surface area contributed by atoms with Crippen LogP contribution < -0.4 is 9.47 Å². The number of hydrogen-bond donors (Lipinski definition) is 0. The van der Waals surface area contributed by atoms with E-state index in [1.165, 1.54) is 0 Å². The predicted molar refractivity (Wildman–Crippen MR) is 109 cm³/mol. The molecule has 0 saturated carbocycles. The standard InChI is InChI=1S/C23H16ClNO3/c1-27-21-10-8-17(9-11-21)23(26)28-22-7-2-4-16(13-22)12-19(15-25)18-5-3-6-20(24)14-18/h2-14H,1H3/b19-12-. The number of esters is 1. The molecule has 3 aromatic carbocycles. The lowest BCUT2D eigenvalue weighted by Gasteiger charge is -2.06. The number of ether oxygens (including phenoxy) is 2. The number of allylic oxidation sites excluding steroid dienone is 1. The van der Waals surface area contributed by atoms with E-state index in [4.69, 9.17) is 21.1 Å². The Bertz CT molecular complexity index is 1070. The van der Waals surface area contributed by atoms with E-state index in [1.54, 1.807) is 73.8 Å². The molecule has 0 N–H and O–H groups in total. The van der Waals surface area contributed by atoms with Gasteiger partial charge in [-0.25, -0.2) is 4.79 Å². The number of nitrogens with zero attached hydrogens (tertiary/aromatic N) is 1. The number of hydrogen-bond acceptors (Lipinski definition) is 4. The van der Waals surface area contributed by atoms with Crippen molar-refractivity contribution in [2.75, 3.05) is 7.11 Å². The molecule has 4 nitrogen and oxygen atoms in total. The largest absolute Gasteiger partial charge is 0.497 e. The van der Waals surface area contributed by atoms with Gasteiger partial charge in [-0.05, 0) is 65.7 Å². The highest BCUT2D eigenvalue weighted by Gasteiger charge is 2.09. The first-order valence-electron chi connectivity index (χ1n) is 8.43. The fourth-order valence-corrected chi connectivity index (χ4v) is 2.75. The van der Waals surface area contributed by atoms with Gasteiger partial charge < -0.3 is 9.47 Å². The minimum atomic E-state index is -0.473. The molecule has 3 rings (SSSR count). The Morgan fingerprint density at radius 2 is 1.71 bits per heavy atom. The first-order valence-corrected chi connectivity index (χ1v) is 8.81. The van der Waals surface area contributed by atoms with Crippen LogP contribution in [0, 0.1) is 11.3 Å². The number of nitriles is 1. The van der Waals surface area contributed by atoms with Crippen molar-refractivity contribution < 1.29 is 14.3 Å². The Labute approximate surface area is 168 Å². The molecule has 0 unspecified atom stereocenters. The molecule has 0 aromatic heterocycles. The van der Waals surface area contributed by atoms with Crippen molar-refractivity contribution in [1.82, 2.24) is 0 Å². The van der Waals surface area contributed by atoms with Crippen LogP contribution in [-0.4, -0.2) is 13.1 Å². The summed E-state index contributed by atoms with van der Waals surface area (Å²) < 4.78 is 10.5. The molecule has 0 aliphatic heterocycles. The molecule has 0 radical (unpaired) electrons. The third-order valence-corrected chi connectivity index (χ3v) is 4.20. The van der Waals surface area contributed by atoms with Crippen LogP contribution in [-0.2, 0) is 0 Å². The number of benzene rings is 3. The van der Waals surface area contributed by atoms with Crippen molar-refractivity contribution in [3.05, 3.63) is 94.5 Å². The quantitative estimate of drug-likeness (QED) is 0.245. The molecular weight excluding hydrogens is 374 g/mol. The second kappa shape index (κ2) is 8.90. The molecule has 3 aromatic rings. The maximum atomic E-state index is 12.3. The molecule has 0 saturated heterocycles. The Morgan fingerprint density at radius 1 is 0.964 bits per heavy atom. The fraction of sp³-hybridized carbons (Fsp3) is 0.0435. The van der Waals surface area contributed by atoms with Gasteiger partial charge in [0.05, 0.1) is 24.3 Å². The fourth-order valence-electron chi connectivity index (χ4n) is 2.56. The maximum Gasteiger partial charge on any atom is 0.343 e. The zero-order valence-corrected chi connectivity index (χ0v) is 15.8. The van der Waals surface area contributed by atoms with Gasteiger partial charge in [0.15, 0.2) is 0 Å². The molecule has 28 heavy (non-hydrogen) atoms. The topological polar surface area (TPSA) is 59.3 Å². The normalized spacial score (nSPS) is 10.8. The van der Waals surface area contributed by atoms with Crippen LogP contribution in [0.1, 0.15) is 21.5 Å². The molecule has 0 spiro atoms. The van der Waals surface area contributed by atoms with Crippen LogP contribution in [0.2, 0.25) is 5.02 Å². The number of carbonyl (C=O) groups excluding carboxylic acids is 1. The van der Waals surface area contributed by atoms with Crippen LogP contribution in [0.15, 0.2) is 72.8 Å². The van der Waals surface area contributed by atoms with Crippen molar-refractivity contribution in [3.8, 4) is 17.6 Å². The smallest absolute Gasteiger partial charge is 0.343 e. The summed E-state index contributed by atoms with van der Waals surface area (Å²) in [6.07, 6.45) is 1.72. The van der Waals surface area contributed by atoms with E-state index >= 15 is 0 Å². The lowest BCUT2D eigenvalue weighted by molar-refractivity contribution is 0.0734. The summed E-state index contributed by atoms with van der Waals surface area (Å²) in [5, 5.41) is 10.0. The second-order valence-electron chi connectivity index (χ2n) is 5.87. The van der Waals surface area contributed by atoms with Gasteiger partial charge >= 0.3 is 5.97 Å². The zero-order chi connectivity index (χ0) is 19.9. The molecule has 0 fully saturated rings. The average molecular weight is 390 g/mol.